The fourth-order valence-electron chi connectivity index (χ4n) is 4.68. The van der Waals surface area contributed by atoms with Crippen molar-refractivity contribution in [3.63, 3.8) is 0 Å². The molecule has 3 saturated heterocycles. The van der Waals surface area contributed by atoms with Crippen molar-refractivity contribution in [2.45, 2.75) is 93.2 Å². The Morgan fingerprint density at radius 1 is 0.429 bits per heavy atom. The van der Waals surface area contributed by atoms with Crippen LogP contribution in [0.2, 0.25) is 0 Å². The number of imide groups is 3. The molecule has 0 spiro atoms. The second-order valence-corrected chi connectivity index (χ2v) is 9.58. The minimum Gasteiger partial charge on any atom is -0.267 e. The van der Waals surface area contributed by atoms with E-state index in [0.717, 1.165) is 0 Å². The van der Waals surface area contributed by atoms with Crippen molar-refractivity contribution in [3.05, 3.63) is 0 Å². The summed E-state index contributed by atoms with van der Waals surface area (Å²) < 4.78 is 172. The molecule has 21 heteroatoms. The van der Waals surface area contributed by atoms with Crippen LogP contribution in [0, 0.1) is 0 Å². The minimum absolute atomic E-state index is 0.0272. The molecule has 0 aromatic carbocycles. The van der Waals surface area contributed by atoms with Gasteiger partial charge in [-0.15, -0.1) is 0 Å². The Kier molecular flexibility index (Phi) is 7.52. The zero-order valence-corrected chi connectivity index (χ0v) is 20.8. The Labute approximate surface area is 225 Å². The number of hydrogen-bond acceptors (Lipinski definition) is 6. The highest BCUT2D eigenvalue weighted by molar-refractivity contribution is 6.19. The molecule has 0 aromatic heterocycles. The van der Waals surface area contributed by atoms with E-state index in [-0.39, 0.29) is 12.8 Å². The summed E-state index contributed by atoms with van der Waals surface area (Å²) in [5, 5.41) is 0. The second kappa shape index (κ2) is 9.55. The van der Waals surface area contributed by atoms with Crippen LogP contribution < -0.4 is 0 Å². The first kappa shape index (κ1) is 33.1. The van der Waals surface area contributed by atoms with E-state index >= 15 is 0 Å². The van der Waals surface area contributed by atoms with Crippen LogP contribution in [-0.4, -0.2) is 91.5 Å². The highest BCUT2D eigenvalue weighted by Gasteiger charge is 2.88. The third kappa shape index (κ3) is 3.79. The molecule has 3 aliphatic rings. The van der Waals surface area contributed by atoms with Crippen molar-refractivity contribution in [2.24, 2.45) is 0 Å². The van der Waals surface area contributed by atoms with Gasteiger partial charge in [0.05, 0.1) is 0 Å². The fourth-order valence-corrected chi connectivity index (χ4v) is 4.68. The normalized spacial score (nSPS) is 25.8. The van der Waals surface area contributed by atoms with Crippen LogP contribution in [0.1, 0.15) is 51.9 Å². The van der Waals surface area contributed by atoms with Crippen molar-refractivity contribution in [1.29, 1.82) is 0 Å². The lowest BCUT2D eigenvalue weighted by Crippen LogP contribution is -2.75. The predicted octanol–water partition coefficient (Wildman–Crippen LogP) is 3.31. The topological polar surface area (TPSA) is 112 Å². The summed E-state index contributed by atoms with van der Waals surface area (Å²) in [4.78, 5) is 69.3. The molecule has 236 valence electrons. The summed E-state index contributed by atoms with van der Waals surface area (Å²) in [6.07, 6.45) is -2.40. The molecule has 0 atom stereocenters. The molecular weight excluding hydrogens is 618 g/mol. The maximum Gasteiger partial charge on any atom is 0.396 e. The van der Waals surface area contributed by atoms with Crippen molar-refractivity contribution < 1.29 is 81.5 Å². The van der Waals surface area contributed by atoms with E-state index in [4.69, 9.17) is 0 Å². The van der Waals surface area contributed by atoms with Gasteiger partial charge in [0.1, 0.15) is 0 Å². The lowest BCUT2D eigenvalue weighted by Gasteiger charge is -2.48. The van der Waals surface area contributed by atoms with Crippen LogP contribution in [0.3, 0.4) is 0 Å². The molecule has 0 bridgehead atoms. The number of unbranched alkanes of at least 4 members (excludes halogenated alkanes) is 5. The lowest BCUT2D eigenvalue weighted by molar-refractivity contribution is -0.203. The molecule has 6 amide bonds. The molecule has 3 rings (SSSR count). The number of hydrogen-bond donors (Lipinski definition) is 0. The molecule has 0 radical (unpaired) electrons. The Morgan fingerprint density at radius 3 is 0.881 bits per heavy atom. The van der Waals surface area contributed by atoms with Crippen molar-refractivity contribution in [1.82, 2.24) is 14.7 Å². The van der Waals surface area contributed by atoms with Gasteiger partial charge >= 0.3 is 71.0 Å². The molecule has 3 fully saturated rings. The number of likely N-dealkylation sites (tertiary alicyclic amines) is 3. The lowest BCUT2D eigenvalue weighted by atomic mass is 10.0. The van der Waals surface area contributed by atoms with E-state index in [9.17, 15) is 81.5 Å². The third-order valence-electron chi connectivity index (χ3n) is 6.95. The van der Waals surface area contributed by atoms with Crippen molar-refractivity contribution >= 4 is 35.4 Å². The highest BCUT2D eigenvalue weighted by atomic mass is 19.3. The van der Waals surface area contributed by atoms with E-state index in [1.54, 1.807) is 6.92 Å². The molecule has 0 saturated carbocycles. The first-order valence-corrected chi connectivity index (χ1v) is 11.8. The van der Waals surface area contributed by atoms with Crippen molar-refractivity contribution in [2.75, 3.05) is 0 Å². The molecule has 3 aliphatic heterocycles. The summed E-state index contributed by atoms with van der Waals surface area (Å²) in [6, 6.07) is 0. The van der Waals surface area contributed by atoms with Crippen molar-refractivity contribution in [3.8, 4) is 0 Å². The maximum atomic E-state index is 14.3. The van der Waals surface area contributed by atoms with Gasteiger partial charge in [-0.3, -0.25) is 28.8 Å². The second-order valence-electron chi connectivity index (χ2n) is 9.58. The summed E-state index contributed by atoms with van der Waals surface area (Å²) in [6.45, 7) is 1.69. The molecule has 9 nitrogen and oxygen atoms in total. The quantitative estimate of drug-likeness (QED) is 0.207. The average molecular weight is 635 g/mol. The van der Waals surface area contributed by atoms with Crippen LogP contribution in [0.5, 0.6) is 0 Å². The molecule has 3 heterocycles. The van der Waals surface area contributed by atoms with Gasteiger partial charge in [-0.25, -0.2) is 14.7 Å². The SMILES string of the molecule is CCCCCCCCC(N1C(=O)C(F)(F)C(F)(F)C1=O)(N1C(=O)C(F)(F)C(F)(F)C1=O)N1C(=O)C(F)(F)C(F)(F)C1=O. The van der Waals surface area contributed by atoms with E-state index in [1.165, 1.54) is 0 Å². The van der Waals surface area contributed by atoms with Gasteiger partial charge in [0.25, 0.3) is 0 Å². The summed E-state index contributed by atoms with van der Waals surface area (Å²) in [5.74, 6) is -65.1. The van der Waals surface area contributed by atoms with Gasteiger partial charge in [0.15, 0.2) is 0 Å². The Bertz CT molecular complexity index is 1040. The van der Waals surface area contributed by atoms with Gasteiger partial charge in [0, 0.05) is 6.42 Å². The van der Waals surface area contributed by atoms with Crippen LogP contribution in [0.25, 0.3) is 0 Å². The summed E-state index contributed by atoms with van der Waals surface area (Å²) in [7, 11) is 0. The van der Waals surface area contributed by atoms with E-state index < -0.39 is 111 Å². The van der Waals surface area contributed by atoms with Crippen LogP contribution in [-0.2, 0) is 28.8 Å². The Hall–Kier alpha value is -3.42. The molecule has 0 aromatic rings. The predicted molar refractivity (Wildman–Crippen MR) is 106 cm³/mol. The first-order valence-electron chi connectivity index (χ1n) is 11.8. The largest absolute Gasteiger partial charge is 0.396 e. The third-order valence-corrected chi connectivity index (χ3v) is 6.95. The molecule has 42 heavy (non-hydrogen) atoms. The zero-order chi connectivity index (χ0) is 32.6. The molecular formula is C21H17F12N3O6. The summed E-state index contributed by atoms with van der Waals surface area (Å²) in [5.41, 5.74) is 0. The van der Waals surface area contributed by atoms with Gasteiger partial charge in [-0.1, -0.05) is 39.0 Å². The monoisotopic (exact) mass is 635 g/mol. The van der Waals surface area contributed by atoms with Gasteiger partial charge < -0.3 is 0 Å². The van der Waals surface area contributed by atoms with Crippen LogP contribution in [0.15, 0.2) is 0 Å². The number of amides is 6. The van der Waals surface area contributed by atoms with Gasteiger partial charge in [0.2, 0.25) is 5.79 Å². The molecule has 0 unspecified atom stereocenters. The average Bonchev–Trinajstić information content (AvgIpc) is 3.15. The number of halogens is 12. The number of nitrogens with zero attached hydrogens (tertiary/aromatic N) is 3. The number of carbonyl (C=O) groups is 6. The van der Waals surface area contributed by atoms with E-state index in [1.807, 2.05) is 0 Å². The standard InChI is InChI=1S/C21H17F12N3O6/c1-2-3-4-5-6-7-8-15(34-9(37)16(22,23)17(24,25)10(34)38,35-11(39)18(26,27)19(28,29)12(35)40)36-13(41)20(30,31)21(32,33)14(36)42/h2-8H2,1H3. The highest BCUT2D eigenvalue weighted by Crippen LogP contribution is 2.56. The first-order chi connectivity index (χ1) is 18.9. The van der Waals surface area contributed by atoms with Gasteiger partial charge in [-0.05, 0) is 6.42 Å². The molecule has 0 N–H and O–H groups in total. The zero-order valence-electron chi connectivity index (χ0n) is 20.8. The molecule has 0 aliphatic carbocycles. The van der Waals surface area contributed by atoms with Gasteiger partial charge in [-0.2, -0.15) is 52.7 Å². The number of alkyl halides is 12. The van der Waals surface area contributed by atoms with E-state index in [0.29, 0.717) is 12.8 Å². The summed E-state index contributed by atoms with van der Waals surface area (Å²) >= 11 is 0. The number of rotatable bonds is 10. The smallest absolute Gasteiger partial charge is 0.267 e. The Balaban J connectivity index is 2.44. The van der Waals surface area contributed by atoms with Crippen LogP contribution >= 0.6 is 0 Å². The maximum absolute atomic E-state index is 14.3. The minimum atomic E-state index is -6.32. The Morgan fingerprint density at radius 2 is 0.643 bits per heavy atom. The number of carbonyl (C=O) groups excluding carboxylic acids is 6. The van der Waals surface area contributed by atoms with Crippen LogP contribution in [0.4, 0.5) is 52.7 Å². The fraction of sp³-hybridized carbons (Fsp3) is 0.714. The van der Waals surface area contributed by atoms with E-state index in [2.05, 4.69) is 0 Å².